The van der Waals surface area contributed by atoms with E-state index in [0.29, 0.717) is 25.9 Å². The highest BCUT2D eigenvalue weighted by Crippen LogP contribution is 2.26. The molecule has 1 amide bonds. The van der Waals surface area contributed by atoms with Crippen molar-refractivity contribution in [1.29, 1.82) is 0 Å². The summed E-state index contributed by atoms with van der Waals surface area (Å²) in [7, 11) is 0. The van der Waals surface area contributed by atoms with Crippen molar-refractivity contribution in [2.24, 2.45) is 11.7 Å². The smallest absolute Gasteiger partial charge is 0.223 e. The number of aliphatic hydroxyl groups excluding tert-OH is 1. The minimum atomic E-state index is -0.254. The van der Waals surface area contributed by atoms with Crippen LogP contribution in [0.2, 0.25) is 0 Å². The molecule has 1 aliphatic rings. The van der Waals surface area contributed by atoms with Crippen molar-refractivity contribution in [3.8, 4) is 0 Å². The molecule has 1 rings (SSSR count). The van der Waals surface area contributed by atoms with E-state index in [4.69, 9.17) is 10.8 Å². The Bertz CT molecular complexity index is 191. The van der Waals surface area contributed by atoms with E-state index in [9.17, 15) is 4.79 Å². The van der Waals surface area contributed by atoms with Gasteiger partial charge in [-0.3, -0.25) is 4.79 Å². The van der Waals surface area contributed by atoms with Crippen LogP contribution in [0.4, 0.5) is 0 Å². The van der Waals surface area contributed by atoms with Crippen LogP contribution in [0.5, 0.6) is 0 Å². The van der Waals surface area contributed by atoms with E-state index in [-0.39, 0.29) is 17.9 Å². The highest BCUT2D eigenvalue weighted by molar-refractivity contribution is 5.79. The molecule has 0 spiro atoms. The number of hydrogen-bond donors (Lipinski definition) is 3. The van der Waals surface area contributed by atoms with Crippen molar-refractivity contribution in [2.75, 3.05) is 13.1 Å². The highest BCUT2D eigenvalue weighted by atomic mass is 16.3. The summed E-state index contributed by atoms with van der Waals surface area (Å²) in [5.74, 6) is 0.103. The summed E-state index contributed by atoms with van der Waals surface area (Å²) in [6, 6.07) is 0. The normalized spacial score (nSPS) is 20.1. The average molecular weight is 274 g/mol. The Balaban J connectivity index is 0. The second-order valence-electron chi connectivity index (χ2n) is 4.61. The molecule has 0 radical (unpaired) electrons. The van der Waals surface area contributed by atoms with Crippen LogP contribution in [0, 0.1) is 5.92 Å². The predicted molar refractivity (Wildman–Crippen MR) is 82.0 cm³/mol. The molecule has 1 aliphatic carbocycles. The molecule has 4 nitrogen and oxygen atoms in total. The molecule has 19 heavy (non-hydrogen) atoms. The zero-order chi connectivity index (χ0) is 15.1. The van der Waals surface area contributed by atoms with Crippen molar-refractivity contribution < 1.29 is 9.90 Å². The third-order valence-corrected chi connectivity index (χ3v) is 2.87. The Morgan fingerprint density at radius 3 is 2.05 bits per heavy atom. The SMILES string of the molecule is CC.CCCCC.NCCCNC(=O)C1CC(O)C1. The Morgan fingerprint density at radius 1 is 1.21 bits per heavy atom. The van der Waals surface area contributed by atoms with Crippen LogP contribution in [-0.4, -0.2) is 30.2 Å². The summed E-state index contributed by atoms with van der Waals surface area (Å²) < 4.78 is 0. The van der Waals surface area contributed by atoms with Crippen LogP contribution in [0.1, 0.15) is 66.2 Å². The van der Waals surface area contributed by atoms with Gasteiger partial charge in [0.1, 0.15) is 0 Å². The fourth-order valence-electron chi connectivity index (χ4n) is 1.61. The number of hydrogen-bond acceptors (Lipinski definition) is 3. The quantitative estimate of drug-likeness (QED) is 0.651. The molecule has 1 saturated carbocycles. The van der Waals surface area contributed by atoms with Crippen molar-refractivity contribution in [3.63, 3.8) is 0 Å². The van der Waals surface area contributed by atoms with Crippen LogP contribution in [0.15, 0.2) is 0 Å². The van der Waals surface area contributed by atoms with Crippen molar-refractivity contribution in [2.45, 2.75) is 72.3 Å². The standard InChI is InChI=1S/C8H16N2O2.C5H12.C2H6/c9-2-1-3-10-8(12)6-4-7(11)5-6;1-3-5-4-2;1-2/h6-7,11H,1-5,9H2,(H,10,12);3-5H2,1-2H3;1-2H3. The van der Waals surface area contributed by atoms with Gasteiger partial charge in [0.2, 0.25) is 5.91 Å². The number of nitrogens with one attached hydrogen (secondary N) is 1. The third kappa shape index (κ3) is 12.2. The molecule has 0 bridgehead atoms. The lowest BCUT2D eigenvalue weighted by atomic mass is 9.82. The molecule has 1 fully saturated rings. The molecule has 0 heterocycles. The van der Waals surface area contributed by atoms with Gasteiger partial charge in [0.25, 0.3) is 0 Å². The minimum absolute atomic E-state index is 0.0396. The molecule has 116 valence electrons. The number of carbonyl (C=O) groups excluding carboxylic acids is 1. The molecule has 0 unspecified atom stereocenters. The largest absolute Gasteiger partial charge is 0.393 e. The van der Waals surface area contributed by atoms with Gasteiger partial charge in [-0.25, -0.2) is 0 Å². The van der Waals surface area contributed by atoms with Gasteiger partial charge in [0.05, 0.1) is 6.10 Å². The first-order chi connectivity index (χ1) is 9.15. The van der Waals surface area contributed by atoms with Gasteiger partial charge in [-0.2, -0.15) is 0 Å². The molecule has 0 aliphatic heterocycles. The van der Waals surface area contributed by atoms with Gasteiger partial charge >= 0.3 is 0 Å². The minimum Gasteiger partial charge on any atom is -0.393 e. The number of rotatable bonds is 6. The molecule has 0 aromatic rings. The lowest BCUT2D eigenvalue weighted by molar-refractivity contribution is -0.131. The van der Waals surface area contributed by atoms with E-state index in [1.54, 1.807) is 0 Å². The fourth-order valence-corrected chi connectivity index (χ4v) is 1.61. The number of carbonyl (C=O) groups is 1. The molecule has 0 saturated heterocycles. The molecule has 0 atom stereocenters. The Labute approximate surface area is 119 Å². The summed E-state index contributed by atoms with van der Waals surface area (Å²) in [6.07, 6.45) is 5.88. The Morgan fingerprint density at radius 2 is 1.74 bits per heavy atom. The summed E-state index contributed by atoms with van der Waals surface area (Å²) in [5.41, 5.74) is 5.27. The topological polar surface area (TPSA) is 75.3 Å². The first kappa shape index (κ1) is 20.7. The van der Waals surface area contributed by atoms with Crippen LogP contribution in [0.25, 0.3) is 0 Å². The van der Waals surface area contributed by atoms with Crippen molar-refractivity contribution >= 4 is 5.91 Å². The van der Waals surface area contributed by atoms with Crippen molar-refractivity contribution in [3.05, 3.63) is 0 Å². The number of aliphatic hydroxyl groups is 1. The highest BCUT2D eigenvalue weighted by Gasteiger charge is 2.32. The maximum Gasteiger partial charge on any atom is 0.223 e. The lowest BCUT2D eigenvalue weighted by Gasteiger charge is -2.29. The molecule has 4 heteroatoms. The molecule has 0 aromatic heterocycles. The first-order valence-electron chi connectivity index (χ1n) is 7.81. The van der Waals surface area contributed by atoms with Gasteiger partial charge < -0.3 is 16.2 Å². The van der Waals surface area contributed by atoms with E-state index in [1.165, 1.54) is 19.3 Å². The molecule has 0 aromatic carbocycles. The predicted octanol–water partition coefficient (Wildman–Crippen LogP) is 2.45. The lowest BCUT2D eigenvalue weighted by Crippen LogP contribution is -2.41. The van der Waals surface area contributed by atoms with Crippen LogP contribution < -0.4 is 11.1 Å². The number of unbranched alkanes of at least 4 members (excludes halogenated alkanes) is 2. The number of nitrogens with two attached hydrogens (primary N) is 1. The second kappa shape index (κ2) is 15.4. The maximum atomic E-state index is 11.2. The summed E-state index contributed by atoms with van der Waals surface area (Å²) >= 11 is 0. The van der Waals surface area contributed by atoms with Gasteiger partial charge in [0, 0.05) is 12.5 Å². The third-order valence-electron chi connectivity index (χ3n) is 2.87. The molecular weight excluding hydrogens is 240 g/mol. The Hall–Kier alpha value is -0.610. The zero-order valence-corrected chi connectivity index (χ0v) is 13.2. The fraction of sp³-hybridized carbons (Fsp3) is 0.933. The van der Waals surface area contributed by atoms with Crippen LogP contribution in [-0.2, 0) is 4.79 Å². The van der Waals surface area contributed by atoms with E-state index < -0.39 is 0 Å². The van der Waals surface area contributed by atoms with Crippen LogP contribution >= 0.6 is 0 Å². The van der Waals surface area contributed by atoms with E-state index in [1.807, 2.05) is 13.8 Å². The zero-order valence-electron chi connectivity index (χ0n) is 13.2. The second-order valence-corrected chi connectivity index (χ2v) is 4.61. The summed E-state index contributed by atoms with van der Waals surface area (Å²) in [6.45, 7) is 9.68. The van der Waals surface area contributed by atoms with E-state index >= 15 is 0 Å². The monoisotopic (exact) mass is 274 g/mol. The van der Waals surface area contributed by atoms with Gasteiger partial charge in [-0.05, 0) is 25.8 Å². The number of amides is 1. The molecule has 4 N–H and O–H groups in total. The van der Waals surface area contributed by atoms with Gasteiger partial charge in [0.15, 0.2) is 0 Å². The van der Waals surface area contributed by atoms with Crippen molar-refractivity contribution in [1.82, 2.24) is 5.32 Å². The summed E-state index contributed by atoms with van der Waals surface area (Å²) in [4.78, 5) is 11.2. The summed E-state index contributed by atoms with van der Waals surface area (Å²) in [5, 5.41) is 11.7. The van der Waals surface area contributed by atoms with Gasteiger partial charge in [-0.15, -0.1) is 0 Å². The molecular formula is C15H34N2O2. The average Bonchev–Trinajstić information content (AvgIpc) is 2.39. The van der Waals surface area contributed by atoms with E-state index in [0.717, 1.165) is 6.42 Å². The Kier molecular flexibility index (Phi) is 16.8. The van der Waals surface area contributed by atoms with Crippen LogP contribution in [0.3, 0.4) is 0 Å². The first-order valence-corrected chi connectivity index (χ1v) is 7.81. The maximum absolute atomic E-state index is 11.2. The van der Waals surface area contributed by atoms with Gasteiger partial charge in [-0.1, -0.05) is 47.0 Å². The van der Waals surface area contributed by atoms with E-state index in [2.05, 4.69) is 19.2 Å².